The van der Waals surface area contributed by atoms with Crippen LogP contribution >= 0.6 is 0 Å². The molecule has 0 aliphatic heterocycles. The summed E-state index contributed by atoms with van der Waals surface area (Å²) < 4.78 is 15.4. The first-order valence-electron chi connectivity index (χ1n) is 9.98. The molecule has 1 N–H and O–H groups in total. The van der Waals surface area contributed by atoms with Crippen molar-refractivity contribution in [3.63, 3.8) is 0 Å². The van der Waals surface area contributed by atoms with Crippen molar-refractivity contribution in [2.75, 3.05) is 26.1 Å². The van der Waals surface area contributed by atoms with Crippen LogP contribution in [0.4, 0.5) is 5.69 Å². The predicted octanol–water partition coefficient (Wildman–Crippen LogP) is 4.88. The zero-order chi connectivity index (χ0) is 20.6. The normalized spacial score (nSPS) is 10.7. The van der Waals surface area contributed by atoms with Crippen LogP contribution in [-0.2, 0) is 14.3 Å². The zero-order valence-corrected chi connectivity index (χ0v) is 17.3. The number of benzene rings is 1. The Hall–Kier alpha value is -2.50. The van der Waals surface area contributed by atoms with Crippen LogP contribution in [0.5, 0.6) is 11.5 Å². The van der Waals surface area contributed by atoms with E-state index < -0.39 is 11.9 Å². The third kappa shape index (κ3) is 10.00. The fourth-order valence-electron chi connectivity index (χ4n) is 2.68. The predicted molar refractivity (Wildman–Crippen MR) is 111 cm³/mol. The average molecular weight is 392 g/mol. The SMILES string of the molecule is CCCCCCCCCCOC(=O)/C=C/C(=O)Nc1ccc(OC)cc1OC. The van der Waals surface area contributed by atoms with Gasteiger partial charge in [-0.3, -0.25) is 4.79 Å². The maximum absolute atomic E-state index is 12.0. The van der Waals surface area contributed by atoms with Gasteiger partial charge >= 0.3 is 5.97 Å². The third-order valence-corrected chi connectivity index (χ3v) is 4.28. The van der Waals surface area contributed by atoms with E-state index in [4.69, 9.17) is 14.2 Å². The Bertz CT molecular complexity index is 627. The van der Waals surface area contributed by atoms with E-state index >= 15 is 0 Å². The number of carbonyl (C=O) groups is 2. The van der Waals surface area contributed by atoms with Crippen molar-refractivity contribution in [3.05, 3.63) is 30.4 Å². The molecule has 0 unspecified atom stereocenters. The Kier molecular flexibility index (Phi) is 12.2. The molecule has 1 aromatic rings. The maximum atomic E-state index is 12.0. The Balaban J connectivity index is 2.24. The summed E-state index contributed by atoms with van der Waals surface area (Å²) in [5.41, 5.74) is 0.491. The zero-order valence-electron chi connectivity index (χ0n) is 17.3. The highest BCUT2D eigenvalue weighted by molar-refractivity contribution is 6.03. The number of ether oxygens (including phenoxy) is 3. The summed E-state index contributed by atoms with van der Waals surface area (Å²) in [4.78, 5) is 23.7. The van der Waals surface area contributed by atoms with E-state index in [9.17, 15) is 9.59 Å². The lowest BCUT2D eigenvalue weighted by Crippen LogP contribution is -2.10. The Labute approximate surface area is 168 Å². The highest BCUT2D eigenvalue weighted by atomic mass is 16.5. The molecule has 0 spiro atoms. The molecule has 0 atom stereocenters. The van der Waals surface area contributed by atoms with Gasteiger partial charge in [-0.15, -0.1) is 0 Å². The van der Waals surface area contributed by atoms with E-state index in [-0.39, 0.29) is 0 Å². The summed E-state index contributed by atoms with van der Waals surface area (Å²) in [5, 5.41) is 2.66. The number of unbranched alkanes of at least 4 members (excludes halogenated alkanes) is 7. The topological polar surface area (TPSA) is 73.9 Å². The minimum atomic E-state index is -0.514. The van der Waals surface area contributed by atoms with Gasteiger partial charge in [-0.25, -0.2) is 4.79 Å². The number of nitrogens with one attached hydrogen (secondary N) is 1. The molecular weight excluding hydrogens is 358 g/mol. The molecule has 0 aromatic heterocycles. The first-order valence-corrected chi connectivity index (χ1v) is 9.98. The maximum Gasteiger partial charge on any atom is 0.330 e. The quantitative estimate of drug-likeness (QED) is 0.278. The molecule has 6 nitrogen and oxygen atoms in total. The summed E-state index contributed by atoms with van der Waals surface area (Å²) in [5.74, 6) is 0.139. The molecule has 1 amide bonds. The lowest BCUT2D eigenvalue weighted by Gasteiger charge is -2.10. The van der Waals surface area contributed by atoms with Gasteiger partial charge in [0.1, 0.15) is 11.5 Å². The van der Waals surface area contributed by atoms with Gasteiger partial charge in [0.2, 0.25) is 5.91 Å². The molecule has 28 heavy (non-hydrogen) atoms. The van der Waals surface area contributed by atoms with Gasteiger partial charge in [0.15, 0.2) is 0 Å². The second-order valence-electron chi connectivity index (χ2n) is 6.53. The lowest BCUT2D eigenvalue weighted by molar-refractivity contribution is -0.138. The first kappa shape index (κ1) is 23.5. The van der Waals surface area contributed by atoms with E-state index in [2.05, 4.69) is 12.2 Å². The third-order valence-electron chi connectivity index (χ3n) is 4.28. The summed E-state index contributed by atoms with van der Waals surface area (Å²) in [6.45, 7) is 2.59. The lowest BCUT2D eigenvalue weighted by atomic mass is 10.1. The van der Waals surface area contributed by atoms with Gasteiger partial charge in [-0.1, -0.05) is 51.9 Å². The fourth-order valence-corrected chi connectivity index (χ4v) is 2.68. The van der Waals surface area contributed by atoms with Gasteiger partial charge in [0, 0.05) is 18.2 Å². The smallest absolute Gasteiger partial charge is 0.330 e. The van der Waals surface area contributed by atoms with Gasteiger partial charge in [-0.2, -0.15) is 0 Å². The van der Waals surface area contributed by atoms with E-state index in [1.807, 2.05) is 0 Å². The molecule has 1 aromatic carbocycles. The standard InChI is InChI=1S/C22H33NO5/c1-4-5-6-7-8-9-10-11-16-28-22(25)15-14-21(24)23-19-13-12-18(26-2)17-20(19)27-3/h12-15,17H,4-11,16H2,1-3H3,(H,23,24)/b15-14+. The number of carbonyl (C=O) groups excluding carboxylic acids is 2. The molecule has 6 heteroatoms. The number of amides is 1. The van der Waals surface area contributed by atoms with Crippen molar-refractivity contribution in [2.24, 2.45) is 0 Å². The summed E-state index contributed by atoms with van der Waals surface area (Å²) in [6.07, 6.45) is 11.8. The molecule has 0 fully saturated rings. The Morgan fingerprint density at radius 3 is 2.25 bits per heavy atom. The van der Waals surface area contributed by atoms with Crippen molar-refractivity contribution in [2.45, 2.75) is 58.3 Å². The summed E-state index contributed by atoms with van der Waals surface area (Å²) in [6, 6.07) is 5.04. The second kappa shape index (κ2) is 14.5. The number of methoxy groups -OCH3 is 2. The van der Waals surface area contributed by atoms with Crippen molar-refractivity contribution >= 4 is 17.6 Å². The second-order valence-corrected chi connectivity index (χ2v) is 6.53. The molecule has 0 heterocycles. The number of hydrogen-bond acceptors (Lipinski definition) is 5. The number of hydrogen-bond donors (Lipinski definition) is 1. The Morgan fingerprint density at radius 1 is 0.929 bits per heavy atom. The van der Waals surface area contributed by atoms with Crippen LogP contribution in [0.15, 0.2) is 30.4 Å². The van der Waals surface area contributed by atoms with Crippen LogP contribution in [0.25, 0.3) is 0 Å². The van der Waals surface area contributed by atoms with Gasteiger partial charge in [-0.05, 0) is 18.6 Å². The van der Waals surface area contributed by atoms with E-state index in [1.165, 1.54) is 45.6 Å². The molecule has 156 valence electrons. The van der Waals surface area contributed by atoms with Gasteiger partial charge in [0.05, 0.1) is 26.5 Å². The van der Waals surface area contributed by atoms with E-state index in [0.717, 1.165) is 25.0 Å². The molecule has 0 saturated carbocycles. The van der Waals surface area contributed by atoms with Crippen LogP contribution in [-0.4, -0.2) is 32.7 Å². The van der Waals surface area contributed by atoms with Crippen LogP contribution in [0, 0.1) is 0 Å². The molecule has 0 radical (unpaired) electrons. The molecule has 1 rings (SSSR count). The van der Waals surface area contributed by atoms with E-state index in [1.54, 1.807) is 25.3 Å². The van der Waals surface area contributed by atoms with Crippen molar-refractivity contribution in [1.29, 1.82) is 0 Å². The number of rotatable bonds is 14. The van der Waals surface area contributed by atoms with Crippen LogP contribution < -0.4 is 14.8 Å². The van der Waals surface area contributed by atoms with Gasteiger partial charge < -0.3 is 19.5 Å². The average Bonchev–Trinajstić information content (AvgIpc) is 2.71. The number of anilines is 1. The van der Waals surface area contributed by atoms with Crippen LogP contribution in [0.2, 0.25) is 0 Å². The van der Waals surface area contributed by atoms with Crippen molar-refractivity contribution < 1.29 is 23.8 Å². The van der Waals surface area contributed by atoms with Crippen molar-refractivity contribution in [1.82, 2.24) is 0 Å². The molecular formula is C22H33NO5. The molecule has 0 saturated heterocycles. The number of esters is 1. The van der Waals surface area contributed by atoms with E-state index in [0.29, 0.717) is 23.8 Å². The van der Waals surface area contributed by atoms with Crippen LogP contribution in [0.3, 0.4) is 0 Å². The largest absolute Gasteiger partial charge is 0.497 e. The molecule has 0 aliphatic carbocycles. The Morgan fingerprint density at radius 2 is 1.61 bits per heavy atom. The van der Waals surface area contributed by atoms with Crippen molar-refractivity contribution in [3.8, 4) is 11.5 Å². The monoisotopic (exact) mass is 391 g/mol. The summed E-state index contributed by atoms with van der Waals surface area (Å²) >= 11 is 0. The first-order chi connectivity index (χ1) is 13.6. The minimum Gasteiger partial charge on any atom is -0.497 e. The highest BCUT2D eigenvalue weighted by Gasteiger charge is 2.07. The van der Waals surface area contributed by atoms with Crippen LogP contribution in [0.1, 0.15) is 58.3 Å². The molecule has 0 aliphatic rings. The summed E-state index contributed by atoms with van der Waals surface area (Å²) in [7, 11) is 3.05. The van der Waals surface area contributed by atoms with Gasteiger partial charge in [0.25, 0.3) is 0 Å². The highest BCUT2D eigenvalue weighted by Crippen LogP contribution is 2.28. The fraction of sp³-hybridized carbons (Fsp3) is 0.545. The molecule has 0 bridgehead atoms. The minimum absolute atomic E-state index is 0.381.